The number of nitrogens with one attached hydrogen (secondary N) is 2. The van der Waals surface area contributed by atoms with Crippen LogP contribution in [0.2, 0.25) is 0 Å². The molecule has 3 aromatic carbocycles. The van der Waals surface area contributed by atoms with Crippen LogP contribution in [0.25, 0.3) is 0 Å². The summed E-state index contributed by atoms with van der Waals surface area (Å²) in [6.45, 7) is 0. The number of nitrogens with zero attached hydrogens (tertiary/aromatic N) is 2. The zero-order valence-corrected chi connectivity index (χ0v) is 18.5. The van der Waals surface area contributed by atoms with Crippen molar-refractivity contribution in [2.75, 3.05) is 18.2 Å². The average molecular weight is 461 g/mol. The van der Waals surface area contributed by atoms with Crippen LogP contribution >= 0.6 is 11.8 Å². The molecule has 0 unspecified atom stereocenters. The number of rotatable bonds is 6. The van der Waals surface area contributed by atoms with Crippen LogP contribution in [0.4, 0.5) is 11.4 Å². The lowest BCUT2D eigenvalue weighted by Crippen LogP contribution is -2.45. The Labute approximate surface area is 194 Å². The highest BCUT2D eigenvalue weighted by Crippen LogP contribution is 2.30. The molecule has 4 rings (SSSR count). The Morgan fingerprint density at radius 1 is 0.909 bits per heavy atom. The van der Waals surface area contributed by atoms with E-state index in [1.54, 1.807) is 60.7 Å². The van der Waals surface area contributed by atoms with Crippen LogP contribution < -0.4 is 15.5 Å². The van der Waals surface area contributed by atoms with Crippen LogP contribution in [0.15, 0.2) is 83.9 Å². The molecule has 0 radical (unpaired) electrons. The highest BCUT2D eigenvalue weighted by atomic mass is 32.2. The number of carbonyl (C=O) groups is 3. The number of carbonyl (C=O) groups excluding carboxylic acids is 3. The van der Waals surface area contributed by atoms with Gasteiger partial charge in [-0.05, 0) is 48.5 Å². The number of anilines is 1. The molecule has 1 aliphatic rings. The van der Waals surface area contributed by atoms with E-state index in [1.807, 2.05) is 18.2 Å². The summed E-state index contributed by atoms with van der Waals surface area (Å²) in [4.78, 5) is 41.8. The van der Waals surface area contributed by atoms with Gasteiger partial charge in [-0.15, -0.1) is 0 Å². The third kappa shape index (κ3) is 5.21. The molecule has 1 aliphatic heterocycles. The van der Waals surface area contributed by atoms with Crippen molar-refractivity contribution in [2.24, 2.45) is 4.99 Å². The minimum atomic E-state index is -0.473. The molecule has 3 amide bonds. The summed E-state index contributed by atoms with van der Waals surface area (Å²) in [5, 5.41) is 4.28. The summed E-state index contributed by atoms with van der Waals surface area (Å²) < 4.78 is 5.30. The first kappa shape index (κ1) is 22.1. The smallest absolute Gasteiger partial charge is 0.270 e. The van der Waals surface area contributed by atoms with Crippen LogP contribution in [-0.2, 0) is 4.79 Å². The Kier molecular flexibility index (Phi) is 6.70. The van der Waals surface area contributed by atoms with E-state index in [4.69, 9.17) is 4.74 Å². The van der Waals surface area contributed by atoms with Crippen LogP contribution in [0.3, 0.4) is 0 Å². The fourth-order valence-corrected chi connectivity index (χ4v) is 3.86. The molecule has 8 nitrogen and oxygen atoms in total. The molecule has 33 heavy (non-hydrogen) atoms. The van der Waals surface area contributed by atoms with Gasteiger partial charge in [-0.2, -0.15) is 5.01 Å². The van der Waals surface area contributed by atoms with Gasteiger partial charge < -0.3 is 10.1 Å². The van der Waals surface area contributed by atoms with Crippen molar-refractivity contribution in [3.63, 3.8) is 0 Å². The maximum Gasteiger partial charge on any atom is 0.270 e. The van der Waals surface area contributed by atoms with Crippen molar-refractivity contribution in [1.29, 1.82) is 0 Å². The Morgan fingerprint density at radius 2 is 1.58 bits per heavy atom. The minimum Gasteiger partial charge on any atom is -0.494 e. The first-order valence-electron chi connectivity index (χ1n) is 10.00. The summed E-state index contributed by atoms with van der Waals surface area (Å²) in [6.07, 6.45) is 0. The second-order valence-electron chi connectivity index (χ2n) is 6.92. The van der Waals surface area contributed by atoms with Gasteiger partial charge in [0.05, 0.1) is 12.9 Å². The van der Waals surface area contributed by atoms with E-state index in [1.165, 1.54) is 18.9 Å². The Balaban J connectivity index is 1.45. The number of aliphatic imine (C=N–C) groups is 1. The van der Waals surface area contributed by atoms with Crippen molar-refractivity contribution in [1.82, 2.24) is 10.4 Å². The number of methoxy groups -OCH3 is 1. The van der Waals surface area contributed by atoms with E-state index < -0.39 is 5.91 Å². The summed E-state index contributed by atoms with van der Waals surface area (Å²) in [6, 6.07) is 22.4. The molecule has 0 aliphatic carbocycles. The molecule has 0 atom stereocenters. The average Bonchev–Trinajstić information content (AvgIpc) is 3.19. The maximum absolute atomic E-state index is 12.7. The molecule has 0 spiro atoms. The molecular weight excluding hydrogens is 440 g/mol. The summed E-state index contributed by atoms with van der Waals surface area (Å²) in [5.41, 5.74) is 4.56. The third-order valence-electron chi connectivity index (χ3n) is 4.72. The normalized spacial score (nSPS) is 14.3. The van der Waals surface area contributed by atoms with Crippen molar-refractivity contribution in [2.45, 2.75) is 0 Å². The van der Waals surface area contributed by atoms with Crippen LogP contribution in [0.5, 0.6) is 5.75 Å². The molecular formula is C24H20N4O4S. The van der Waals surface area contributed by atoms with Gasteiger partial charge in [-0.1, -0.05) is 42.1 Å². The number of benzene rings is 3. The number of amides is 3. The Hall–Kier alpha value is -4.11. The molecule has 1 fully saturated rings. The summed E-state index contributed by atoms with van der Waals surface area (Å²) >= 11 is 1.23. The highest BCUT2D eigenvalue weighted by Gasteiger charge is 2.30. The molecule has 0 aromatic heterocycles. The number of para-hydroxylation sites is 2. The van der Waals surface area contributed by atoms with Gasteiger partial charge in [0.15, 0.2) is 5.17 Å². The van der Waals surface area contributed by atoms with Gasteiger partial charge in [0.25, 0.3) is 17.7 Å². The second-order valence-corrected chi connectivity index (χ2v) is 7.86. The topological polar surface area (TPSA) is 100 Å². The summed E-state index contributed by atoms with van der Waals surface area (Å²) in [5.74, 6) is -0.277. The van der Waals surface area contributed by atoms with Gasteiger partial charge >= 0.3 is 0 Å². The van der Waals surface area contributed by atoms with Gasteiger partial charge in [-0.25, -0.2) is 4.99 Å². The predicted molar refractivity (Wildman–Crippen MR) is 128 cm³/mol. The lowest BCUT2D eigenvalue weighted by molar-refractivity contribution is -0.125. The van der Waals surface area contributed by atoms with E-state index >= 15 is 0 Å². The van der Waals surface area contributed by atoms with Crippen molar-refractivity contribution in [3.8, 4) is 5.75 Å². The fraction of sp³-hybridized carbons (Fsp3) is 0.0833. The molecule has 9 heteroatoms. The predicted octanol–water partition coefficient (Wildman–Crippen LogP) is 3.86. The van der Waals surface area contributed by atoms with E-state index in [9.17, 15) is 14.4 Å². The number of thioether (sulfide) groups is 1. The van der Waals surface area contributed by atoms with Crippen molar-refractivity contribution < 1.29 is 19.1 Å². The third-order valence-corrected chi connectivity index (χ3v) is 5.64. The molecule has 1 saturated heterocycles. The largest absolute Gasteiger partial charge is 0.494 e. The molecule has 3 aromatic rings. The van der Waals surface area contributed by atoms with Crippen LogP contribution in [-0.4, -0.2) is 40.8 Å². The maximum atomic E-state index is 12.7. The first-order valence-corrected chi connectivity index (χ1v) is 11.0. The zero-order valence-electron chi connectivity index (χ0n) is 17.6. The lowest BCUT2D eigenvalue weighted by atomic mass is 10.1. The quantitative estimate of drug-likeness (QED) is 0.582. The number of hydrogen-bond acceptors (Lipinski definition) is 6. The molecule has 1 heterocycles. The Morgan fingerprint density at radius 3 is 2.30 bits per heavy atom. The monoisotopic (exact) mass is 460 g/mol. The van der Waals surface area contributed by atoms with Crippen molar-refractivity contribution >= 4 is 46.0 Å². The number of hydrogen-bond donors (Lipinski definition) is 2. The molecule has 166 valence electrons. The van der Waals surface area contributed by atoms with E-state index in [2.05, 4.69) is 15.7 Å². The van der Waals surface area contributed by atoms with Crippen LogP contribution in [0.1, 0.15) is 20.7 Å². The molecule has 0 saturated carbocycles. The highest BCUT2D eigenvalue weighted by molar-refractivity contribution is 8.15. The first-order chi connectivity index (χ1) is 16.0. The van der Waals surface area contributed by atoms with E-state index in [0.717, 1.165) is 5.01 Å². The van der Waals surface area contributed by atoms with E-state index in [0.29, 0.717) is 33.4 Å². The fourth-order valence-electron chi connectivity index (χ4n) is 3.04. The number of amidine groups is 1. The van der Waals surface area contributed by atoms with Gasteiger partial charge in [0, 0.05) is 16.8 Å². The number of ether oxygens (including phenoxy) is 1. The van der Waals surface area contributed by atoms with Gasteiger partial charge in [-0.3, -0.25) is 19.8 Å². The standard InChI is InChI=1S/C24H20N4O4S/c1-32-20-10-6-5-9-19(20)26-24-28(21(29)15-33-24)27-23(31)17-11-13-18(14-12-17)25-22(30)16-7-3-2-4-8-16/h2-14H,15H2,1H3,(H,25,30)(H,27,31). The SMILES string of the molecule is COc1ccccc1N=C1SCC(=O)N1NC(=O)c1ccc(NC(=O)c2ccccc2)cc1. The molecule has 2 N–H and O–H groups in total. The lowest BCUT2D eigenvalue weighted by Gasteiger charge is -2.17. The van der Waals surface area contributed by atoms with Gasteiger partial charge in [0.1, 0.15) is 11.4 Å². The zero-order chi connectivity index (χ0) is 23.2. The molecule has 0 bridgehead atoms. The summed E-state index contributed by atoms with van der Waals surface area (Å²) in [7, 11) is 1.54. The minimum absolute atomic E-state index is 0.165. The Bertz CT molecular complexity index is 1210. The van der Waals surface area contributed by atoms with Gasteiger partial charge in [0.2, 0.25) is 0 Å². The van der Waals surface area contributed by atoms with Crippen molar-refractivity contribution in [3.05, 3.63) is 90.0 Å². The second kappa shape index (κ2) is 10.0. The van der Waals surface area contributed by atoms with Crippen LogP contribution in [0, 0.1) is 0 Å². The van der Waals surface area contributed by atoms with E-state index in [-0.39, 0.29) is 17.6 Å². The number of hydrazine groups is 1.